The van der Waals surface area contributed by atoms with E-state index in [-0.39, 0.29) is 0 Å². The first-order valence-electron chi connectivity index (χ1n) is 4.51. The van der Waals surface area contributed by atoms with Crippen molar-refractivity contribution in [1.82, 2.24) is 0 Å². The molecule has 0 saturated carbocycles. The average molecular weight is 181 g/mol. The lowest BCUT2D eigenvalue weighted by Crippen LogP contribution is -2.14. The highest BCUT2D eigenvalue weighted by Gasteiger charge is 2.29. The van der Waals surface area contributed by atoms with Crippen LogP contribution in [0.1, 0.15) is 28.2 Å². The maximum absolute atomic E-state index is 5.75. The third-order valence-corrected chi connectivity index (χ3v) is 4.01. The highest BCUT2D eigenvalue weighted by molar-refractivity contribution is 7.12. The minimum absolute atomic E-state index is 0.638. The maximum Gasteiger partial charge on any atom is 0.0126 e. The molecule has 0 aliphatic heterocycles. The summed E-state index contributed by atoms with van der Waals surface area (Å²) in [6.07, 6.45) is 1.24. The zero-order valence-electron chi connectivity index (χ0n) is 7.63. The fourth-order valence-corrected chi connectivity index (χ4v) is 3.45. The van der Waals surface area contributed by atoms with Gasteiger partial charge in [0.1, 0.15) is 0 Å². The van der Waals surface area contributed by atoms with Crippen molar-refractivity contribution in [1.29, 1.82) is 0 Å². The van der Waals surface area contributed by atoms with E-state index in [0.717, 1.165) is 12.5 Å². The summed E-state index contributed by atoms with van der Waals surface area (Å²) in [6, 6.07) is 2.33. The van der Waals surface area contributed by atoms with Crippen LogP contribution in [-0.2, 0) is 6.42 Å². The Balaban J connectivity index is 2.38. The van der Waals surface area contributed by atoms with Gasteiger partial charge in [-0.1, -0.05) is 6.92 Å². The predicted molar refractivity (Wildman–Crippen MR) is 53.7 cm³/mol. The molecular weight excluding hydrogens is 166 g/mol. The average Bonchev–Trinajstić information content (AvgIpc) is 2.43. The summed E-state index contributed by atoms with van der Waals surface area (Å²) >= 11 is 1.93. The van der Waals surface area contributed by atoms with Crippen LogP contribution in [0.15, 0.2) is 6.07 Å². The van der Waals surface area contributed by atoms with Crippen molar-refractivity contribution >= 4 is 11.3 Å². The number of hydrogen-bond acceptors (Lipinski definition) is 2. The van der Waals surface area contributed by atoms with Crippen molar-refractivity contribution in [2.75, 3.05) is 6.54 Å². The molecule has 2 unspecified atom stereocenters. The molecule has 0 saturated heterocycles. The quantitative estimate of drug-likeness (QED) is 0.707. The molecule has 2 atom stereocenters. The topological polar surface area (TPSA) is 26.0 Å². The summed E-state index contributed by atoms with van der Waals surface area (Å²) in [7, 11) is 0. The molecule has 1 aliphatic rings. The lowest BCUT2D eigenvalue weighted by Gasteiger charge is -2.12. The number of aryl methyl sites for hydroxylation is 1. The normalized spacial score (nSPS) is 27.6. The first-order valence-corrected chi connectivity index (χ1v) is 5.33. The number of nitrogens with two attached hydrogens (primary N) is 1. The third-order valence-electron chi connectivity index (χ3n) is 2.78. The summed E-state index contributed by atoms with van der Waals surface area (Å²) in [5.74, 6) is 1.40. The molecular formula is C10H15NS. The van der Waals surface area contributed by atoms with E-state index in [1.807, 2.05) is 11.3 Å². The largest absolute Gasteiger partial charge is 0.330 e. The highest BCUT2D eigenvalue weighted by Crippen LogP contribution is 2.41. The summed E-state index contributed by atoms with van der Waals surface area (Å²) in [6.45, 7) is 5.30. The molecule has 1 aromatic rings. The molecule has 12 heavy (non-hydrogen) atoms. The van der Waals surface area contributed by atoms with E-state index in [1.165, 1.54) is 11.3 Å². The van der Waals surface area contributed by atoms with E-state index in [2.05, 4.69) is 19.9 Å². The van der Waals surface area contributed by atoms with Crippen molar-refractivity contribution in [3.63, 3.8) is 0 Å². The van der Waals surface area contributed by atoms with Gasteiger partial charge in [-0.25, -0.2) is 0 Å². The van der Waals surface area contributed by atoms with Crippen LogP contribution in [0.5, 0.6) is 0 Å². The smallest absolute Gasteiger partial charge is 0.0126 e. The fraction of sp³-hybridized carbons (Fsp3) is 0.600. The summed E-state index contributed by atoms with van der Waals surface area (Å²) in [5, 5.41) is 0. The third kappa shape index (κ3) is 1.10. The monoisotopic (exact) mass is 181 g/mol. The zero-order valence-corrected chi connectivity index (χ0v) is 8.45. The van der Waals surface area contributed by atoms with Crippen LogP contribution in [0.2, 0.25) is 0 Å². The summed E-state index contributed by atoms with van der Waals surface area (Å²) in [5.41, 5.74) is 7.31. The van der Waals surface area contributed by atoms with Crippen LogP contribution in [0.3, 0.4) is 0 Å². The van der Waals surface area contributed by atoms with Gasteiger partial charge in [0.15, 0.2) is 0 Å². The van der Waals surface area contributed by atoms with Gasteiger partial charge in [0, 0.05) is 22.2 Å². The van der Waals surface area contributed by atoms with E-state index in [4.69, 9.17) is 5.73 Å². The van der Waals surface area contributed by atoms with Crippen LogP contribution >= 0.6 is 11.3 Å². The fourth-order valence-electron chi connectivity index (χ4n) is 2.15. The van der Waals surface area contributed by atoms with E-state index >= 15 is 0 Å². The van der Waals surface area contributed by atoms with Gasteiger partial charge < -0.3 is 5.73 Å². The SMILES string of the molecule is Cc1cc2c(s1)C(CN)C(C)C2. The first-order chi connectivity index (χ1) is 5.72. The van der Waals surface area contributed by atoms with E-state index in [9.17, 15) is 0 Å². The van der Waals surface area contributed by atoms with Crippen LogP contribution in [-0.4, -0.2) is 6.54 Å². The molecule has 0 spiro atoms. The van der Waals surface area contributed by atoms with Crippen LogP contribution in [0.4, 0.5) is 0 Å². The number of hydrogen-bond donors (Lipinski definition) is 1. The van der Waals surface area contributed by atoms with Gasteiger partial charge in [0.25, 0.3) is 0 Å². The second-order valence-electron chi connectivity index (χ2n) is 3.77. The van der Waals surface area contributed by atoms with Crippen molar-refractivity contribution in [2.45, 2.75) is 26.2 Å². The molecule has 0 radical (unpaired) electrons. The maximum atomic E-state index is 5.75. The lowest BCUT2D eigenvalue weighted by atomic mass is 9.98. The summed E-state index contributed by atoms with van der Waals surface area (Å²) in [4.78, 5) is 2.99. The van der Waals surface area contributed by atoms with Gasteiger partial charge in [-0.15, -0.1) is 11.3 Å². The predicted octanol–water partition coefficient (Wildman–Crippen LogP) is 2.29. The van der Waals surface area contributed by atoms with Gasteiger partial charge >= 0.3 is 0 Å². The Kier molecular flexibility index (Phi) is 1.97. The Morgan fingerprint density at radius 3 is 3.08 bits per heavy atom. The molecule has 2 heteroatoms. The molecule has 1 aliphatic carbocycles. The standard InChI is InChI=1S/C10H15NS/c1-6-3-8-4-7(2)12-10(8)9(6)5-11/h4,6,9H,3,5,11H2,1-2H3. The first kappa shape index (κ1) is 8.27. The summed E-state index contributed by atoms with van der Waals surface area (Å²) < 4.78 is 0. The molecule has 0 fully saturated rings. The van der Waals surface area contributed by atoms with E-state index in [0.29, 0.717) is 5.92 Å². The van der Waals surface area contributed by atoms with Crippen LogP contribution in [0.25, 0.3) is 0 Å². The Bertz CT molecular complexity index is 290. The molecule has 0 amide bonds. The van der Waals surface area contributed by atoms with Gasteiger partial charge in [0.05, 0.1) is 0 Å². The minimum Gasteiger partial charge on any atom is -0.330 e. The second kappa shape index (κ2) is 2.86. The highest BCUT2D eigenvalue weighted by atomic mass is 32.1. The minimum atomic E-state index is 0.638. The zero-order chi connectivity index (χ0) is 8.72. The van der Waals surface area contributed by atoms with Gasteiger partial charge in [0.2, 0.25) is 0 Å². The molecule has 1 aromatic heterocycles. The Labute approximate surface area is 77.6 Å². The molecule has 66 valence electrons. The van der Waals surface area contributed by atoms with Gasteiger partial charge in [-0.2, -0.15) is 0 Å². The Morgan fingerprint density at radius 1 is 1.67 bits per heavy atom. The Morgan fingerprint density at radius 2 is 2.42 bits per heavy atom. The van der Waals surface area contributed by atoms with E-state index in [1.54, 1.807) is 10.4 Å². The molecule has 1 nitrogen and oxygen atoms in total. The second-order valence-corrected chi connectivity index (χ2v) is 5.06. The number of rotatable bonds is 1. The van der Waals surface area contributed by atoms with Gasteiger partial charge in [-0.05, 0) is 30.9 Å². The molecule has 2 rings (SSSR count). The molecule has 1 heterocycles. The lowest BCUT2D eigenvalue weighted by molar-refractivity contribution is 0.509. The van der Waals surface area contributed by atoms with E-state index < -0.39 is 0 Å². The molecule has 0 bridgehead atoms. The number of thiophene rings is 1. The van der Waals surface area contributed by atoms with Gasteiger partial charge in [-0.3, -0.25) is 0 Å². The Hall–Kier alpha value is -0.340. The van der Waals surface area contributed by atoms with Crippen LogP contribution < -0.4 is 5.73 Å². The van der Waals surface area contributed by atoms with Crippen molar-refractivity contribution in [3.05, 3.63) is 21.4 Å². The van der Waals surface area contributed by atoms with Crippen LogP contribution in [0, 0.1) is 12.8 Å². The van der Waals surface area contributed by atoms with Crippen molar-refractivity contribution in [2.24, 2.45) is 11.7 Å². The van der Waals surface area contributed by atoms with Crippen molar-refractivity contribution < 1.29 is 0 Å². The number of fused-ring (bicyclic) bond motifs is 1. The molecule has 2 N–H and O–H groups in total. The van der Waals surface area contributed by atoms with Crippen molar-refractivity contribution in [3.8, 4) is 0 Å². The molecule has 0 aromatic carbocycles.